The summed E-state index contributed by atoms with van der Waals surface area (Å²) in [6.07, 6.45) is 4.13. The Morgan fingerprint density at radius 3 is 2.43 bits per heavy atom. The van der Waals surface area contributed by atoms with Gasteiger partial charge in [0.25, 0.3) is 0 Å². The molecule has 0 bridgehead atoms. The lowest BCUT2D eigenvalue weighted by Crippen LogP contribution is -2.17. The van der Waals surface area contributed by atoms with Crippen LogP contribution >= 0.6 is 11.8 Å². The van der Waals surface area contributed by atoms with E-state index < -0.39 is 0 Å². The zero-order valence-corrected chi connectivity index (χ0v) is 17.2. The number of benzene rings is 2. The van der Waals surface area contributed by atoms with Gasteiger partial charge < -0.3 is 5.32 Å². The quantitative estimate of drug-likeness (QED) is 0.435. The Balaban J connectivity index is 1.53. The van der Waals surface area contributed by atoms with Crippen molar-refractivity contribution in [2.75, 3.05) is 11.1 Å². The average Bonchev–Trinajstić information content (AvgIpc) is 3.57. The number of nitrogens with zero attached hydrogens (tertiary/aromatic N) is 2. The number of carbonyl (C=O) groups excluding carboxylic acids is 1. The normalized spacial score (nSPS) is 13.6. The third-order valence-electron chi connectivity index (χ3n) is 5.13. The van der Waals surface area contributed by atoms with Gasteiger partial charge in [0, 0.05) is 17.0 Å². The number of hydrogen-bond acceptors (Lipinski definition) is 4. The fourth-order valence-corrected chi connectivity index (χ4v) is 4.24. The Bertz CT molecular complexity index is 992. The maximum atomic E-state index is 12.7. The van der Waals surface area contributed by atoms with Crippen molar-refractivity contribution in [2.45, 2.75) is 50.5 Å². The molecule has 5 heteroatoms. The summed E-state index contributed by atoms with van der Waals surface area (Å²) in [6.45, 7) is 4.23. The first kappa shape index (κ1) is 18.9. The highest BCUT2D eigenvalue weighted by atomic mass is 32.2. The standard InChI is InChI=1S/C23H25N3OS/c1-3-15-8-7-9-16(4-2)21(15)25-20(27)14-28-23-18-10-5-6-11-19(18)24-22(26-23)17-12-13-17/h5-11,17H,3-4,12-14H2,1-2H3,(H,25,27). The summed E-state index contributed by atoms with van der Waals surface area (Å²) in [5.74, 6) is 1.76. The summed E-state index contributed by atoms with van der Waals surface area (Å²) in [6, 6.07) is 14.3. The number of rotatable bonds is 7. The monoisotopic (exact) mass is 391 g/mol. The topological polar surface area (TPSA) is 54.9 Å². The number of nitrogens with one attached hydrogen (secondary N) is 1. The highest BCUT2D eigenvalue weighted by molar-refractivity contribution is 8.00. The van der Waals surface area contributed by atoms with E-state index in [1.54, 1.807) is 0 Å². The molecule has 0 aliphatic heterocycles. The van der Waals surface area contributed by atoms with Crippen molar-refractivity contribution >= 4 is 34.3 Å². The van der Waals surface area contributed by atoms with Crippen molar-refractivity contribution in [3.8, 4) is 0 Å². The molecule has 0 atom stereocenters. The summed E-state index contributed by atoms with van der Waals surface area (Å²) in [5.41, 5.74) is 4.30. The Kier molecular flexibility index (Phi) is 5.62. The molecule has 3 aromatic rings. The molecule has 28 heavy (non-hydrogen) atoms. The molecule has 2 aromatic carbocycles. The van der Waals surface area contributed by atoms with E-state index in [9.17, 15) is 4.79 Å². The number of fused-ring (bicyclic) bond motifs is 1. The molecule has 1 N–H and O–H groups in total. The van der Waals surface area contributed by atoms with Crippen LogP contribution in [0.3, 0.4) is 0 Å². The largest absolute Gasteiger partial charge is 0.325 e. The fraction of sp³-hybridized carbons (Fsp3) is 0.348. The Morgan fingerprint density at radius 1 is 1.04 bits per heavy atom. The molecule has 1 fully saturated rings. The number of aromatic nitrogens is 2. The van der Waals surface area contributed by atoms with Crippen molar-refractivity contribution in [1.82, 2.24) is 9.97 Å². The van der Waals surface area contributed by atoms with Crippen LogP contribution in [-0.2, 0) is 17.6 Å². The van der Waals surface area contributed by atoms with Gasteiger partial charge in [-0.15, -0.1) is 0 Å². The summed E-state index contributed by atoms with van der Waals surface area (Å²) < 4.78 is 0. The predicted molar refractivity (Wildman–Crippen MR) is 116 cm³/mol. The Hall–Kier alpha value is -2.40. The zero-order chi connectivity index (χ0) is 19.5. The molecule has 1 aliphatic carbocycles. The van der Waals surface area contributed by atoms with Crippen molar-refractivity contribution in [2.24, 2.45) is 0 Å². The van der Waals surface area contributed by atoms with Crippen LogP contribution in [0.1, 0.15) is 49.6 Å². The Morgan fingerprint density at radius 2 is 1.75 bits per heavy atom. The first-order valence-electron chi connectivity index (χ1n) is 9.99. The van der Waals surface area contributed by atoms with Crippen LogP contribution in [0.25, 0.3) is 10.9 Å². The van der Waals surface area contributed by atoms with E-state index in [0.717, 1.165) is 53.1 Å². The second-order valence-electron chi connectivity index (χ2n) is 7.17. The van der Waals surface area contributed by atoms with E-state index in [4.69, 9.17) is 9.97 Å². The SMILES string of the molecule is CCc1cccc(CC)c1NC(=O)CSc1nc(C2CC2)nc2ccccc12. The molecule has 1 amide bonds. The van der Waals surface area contributed by atoms with Crippen molar-refractivity contribution in [3.63, 3.8) is 0 Å². The number of amides is 1. The summed E-state index contributed by atoms with van der Waals surface area (Å²) in [7, 11) is 0. The highest BCUT2D eigenvalue weighted by Gasteiger charge is 2.27. The van der Waals surface area contributed by atoms with Crippen LogP contribution in [0.5, 0.6) is 0 Å². The van der Waals surface area contributed by atoms with E-state index in [-0.39, 0.29) is 5.91 Å². The van der Waals surface area contributed by atoms with Gasteiger partial charge in [-0.3, -0.25) is 4.79 Å². The van der Waals surface area contributed by atoms with Gasteiger partial charge in [0.15, 0.2) is 0 Å². The lowest BCUT2D eigenvalue weighted by atomic mass is 10.0. The second-order valence-corrected chi connectivity index (χ2v) is 8.14. The van der Waals surface area contributed by atoms with Crippen LogP contribution in [0.4, 0.5) is 5.69 Å². The number of aryl methyl sites for hydroxylation is 2. The predicted octanol–water partition coefficient (Wildman–Crippen LogP) is 5.36. The summed E-state index contributed by atoms with van der Waals surface area (Å²) in [4.78, 5) is 22.2. The van der Waals surface area contributed by atoms with Crippen molar-refractivity contribution in [3.05, 3.63) is 59.4 Å². The molecule has 0 radical (unpaired) electrons. The number of anilines is 1. The molecule has 0 spiro atoms. The minimum atomic E-state index is 0.0104. The van der Waals surface area contributed by atoms with Gasteiger partial charge >= 0.3 is 0 Å². The smallest absolute Gasteiger partial charge is 0.234 e. The first-order valence-corrected chi connectivity index (χ1v) is 11.0. The lowest BCUT2D eigenvalue weighted by Gasteiger charge is -2.14. The molecule has 4 nitrogen and oxygen atoms in total. The number of thioether (sulfide) groups is 1. The van der Waals surface area contributed by atoms with Crippen LogP contribution < -0.4 is 5.32 Å². The number of carbonyl (C=O) groups is 1. The zero-order valence-electron chi connectivity index (χ0n) is 16.4. The minimum absolute atomic E-state index is 0.0104. The Labute approximate surface area is 170 Å². The molecule has 1 aliphatic rings. The molecule has 0 saturated heterocycles. The van der Waals surface area contributed by atoms with Gasteiger partial charge in [0.05, 0.1) is 11.3 Å². The van der Waals surface area contributed by atoms with E-state index in [2.05, 4.69) is 37.4 Å². The molecule has 144 valence electrons. The van der Waals surface area contributed by atoms with E-state index in [0.29, 0.717) is 11.7 Å². The van der Waals surface area contributed by atoms with Gasteiger partial charge in [-0.05, 0) is 42.9 Å². The van der Waals surface area contributed by atoms with Gasteiger partial charge in [-0.2, -0.15) is 0 Å². The minimum Gasteiger partial charge on any atom is -0.325 e. The maximum Gasteiger partial charge on any atom is 0.234 e. The van der Waals surface area contributed by atoms with Crippen molar-refractivity contribution in [1.29, 1.82) is 0 Å². The van der Waals surface area contributed by atoms with Crippen LogP contribution in [0.15, 0.2) is 47.5 Å². The number of para-hydroxylation sites is 2. The van der Waals surface area contributed by atoms with E-state index in [1.807, 2.05) is 24.3 Å². The highest BCUT2D eigenvalue weighted by Crippen LogP contribution is 2.39. The van der Waals surface area contributed by atoms with Gasteiger partial charge in [0.2, 0.25) is 5.91 Å². The molecule has 1 heterocycles. The molecule has 0 unspecified atom stereocenters. The first-order chi connectivity index (χ1) is 13.7. The average molecular weight is 392 g/mol. The molecular weight excluding hydrogens is 366 g/mol. The van der Waals surface area contributed by atoms with Crippen LogP contribution in [0, 0.1) is 0 Å². The van der Waals surface area contributed by atoms with E-state index in [1.165, 1.54) is 22.9 Å². The fourth-order valence-electron chi connectivity index (χ4n) is 3.41. The summed E-state index contributed by atoms with van der Waals surface area (Å²) in [5, 5.41) is 5.07. The maximum absolute atomic E-state index is 12.7. The van der Waals surface area contributed by atoms with Crippen LogP contribution in [-0.4, -0.2) is 21.6 Å². The van der Waals surface area contributed by atoms with Gasteiger partial charge in [0.1, 0.15) is 10.9 Å². The summed E-state index contributed by atoms with van der Waals surface area (Å²) >= 11 is 1.50. The third-order valence-corrected chi connectivity index (χ3v) is 6.12. The van der Waals surface area contributed by atoms with Gasteiger partial charge in [-0.1, -0.05) is 62.0 Å². The second kappa shape index (κ2) is 8.31. The molecular formula is C23H25N3OS. The lowest BCUT2D eigenvalue weighted by molar-refractivity contribution is -0.113. The molecule has 1 aromatic heterocycles. The molecule has 1 saturated carbocycles. The van der Waals surface area contributed by atoms with Crippen molar-refractivity contribution < 1.29 is 4.79 Å². The number of hydrogen-bond donors (Lipinski definition) is 1. The van der Waals surface area contributed by atoms with Crippen LogP contribution in [0.2, 0.25) is 0 Å². The van der Waals surface area contributed by atoms with E-state index >= 15 is 0 Å². The molecule has 4 rings (SSSR count). The van der Waals surface area contributed by atoms with Gasteiger partial charge in [-0.25, -0.2) is 9.97 Å². The third kappa shape index (κ3) is 4.04.